The van der Waals surface area contributed by atoms with Crippen molar-refractivity contribution in [2.75, 3.05) is 18.5 Å². The third-order valence-corrected chi connectivity index (χ3v) is 4.32. The van der Waals surface area contributed by atoms with Gasteiger partial charge in [-0.25, -0.2) is 0 Å². The first-order chi connectivity index (χ1) is 7.65. The Morgan fingerprint density at radius 3 is 2.81 bits per heavy atom. The first kappa shape index (κ1) is 9.72. The minimum Gasteiger partial charge on any atom is -0.345 e. The summed E-state index contributed by atoms with van der Waals surface area (Å²) in [5.41, 5.74) is 1.84. The second-order valence-corrected chi connectivity index (χ2v) is 5.22. The number of hydrogen-bond acceptors (Lipinski definition) is 3. The monoisotopic (exact) mass is 234 g/mol. The standard InChI is InChI=1S/C11H10N2O2S/c1-13-8-5-3-2-4-7(8)11(9(13)14)6-12-10(15)16-11/h2-5H,6H2,1H3,(H,12,15). The number of para-hydroxylation sites is 1. The van der Waals surface area contributed by atoms with Crippen molar-refractivity contribution >= 4 is 28.6 Å². The molecule has 1 spiro atoms. The molecule has 0 saturated carbocycles. The van der Waals surface area contributed by atoms with Crippen LogP contribution in [0, 0.1) is 0 Å². The number of rotatable bonds is 0. The number of fused-ring (bicyclic) bond motifs is 2. The minimum atomic E-state index is -0.734. The molecule has 2 amide bonds. The van der Waals surface area contributed by atoms with E-state index in [1.165, 1.54) is 0 Å². The van der Waals surface area contributed by atoms with Crippen LogP contribution in [-0.2, 0) is 9.54 Å². The quantitative estimate of drug-likeness (QED) is 0.736. The van der Waals surface area contributed by atoms with Gasteiger partial charge in [0.2, 0.25) is 5.91 Å². The van der Waals surface area contributed by atoms with Crippen molar-refractivity contribution in [1.29, 1.82) is 0 Å². The summed E-state index contributed by atoms with van der Waals surface area (Å²) in [6.45, 7) is 0.386. The highest BCUT2D eigenvalue weighted by Crippen LogP contribution is 2.50. The SMILES string of the molecule is CN1C(=O)C2(CNC(=O)S2)c2ccccc21. The van der Waals surface area contributed by atoms with Crippen molar-refractivity contribution in [3.8, 4) is 0 Å². The molecule has 1 atom stereocenters. The second kappa shape index (κ2) is 3.01. The summed E-state index contributed by atoms with van der Waals surface area (Å²) >= 11 is 1.09. The van der Waals surface area contributed by atoms with E-state index in [4.69, 9.17) is 0 Å². The molecule has 0 radical (unpaired) electrons. The van der Waals surface area contributed by atoms with E-state index in [9.17, 15) is 9.59 Å². The number of carbonyl (C=O) groups excluding carboxylic acids is 2. The number of anilines is 1. The molecule has 0 bridgehead atoms. The van der Waals surface area contributed by atoms with Gasteiger partial charge in [-0.1, -0.05) is 18.2 Å². The lowest BCUT2D eigenvalue weighted by atomic mass is 10.00. The molecule has 3 rings (SSSR count). The van der Waals surface area contributed by atoms with Crippen molar-refractivity contribution < 1.29 is 9.59 Å². The molecule has 2 aliphatic heterocycles. The van der Waals surface area contributed by atoms with E-state index < -0.39 is 4.75 Å². The maximum Gasteiger partial charge on any atom is 0.280 e. The van der Waals surface area contributed by atoms with E-state index in [1.807, 2.05) is 24.3 Å². The van der Waals surface area contributed by atoms with Crippen LogP contribution < -0.4 is 10.2 Å². The highest BCUT2D eigenvalue weighted by atomic mass is 32.2. The van der Waals surface area contributed by atoms with E-state index in [-0.39, 0.29) is 11.1 Å². The number of thioether (sulfide) groups is 1. The Morgan fingerprint density at radius 1 is 1.38 bits per heavy atom. The van der Waals surface area contributed by atoms with Gasteiger partial charge in [-0.3, -0.25) is 9.59 Å². The molecule has 16 heavy (non-hydrogen) atoms. The summed E-state index contributed by atoms with van der Waals surface area (Å²) in [6.07, 6.45) is 0. The van der Waals surface area contributed by atoms with Crippen molar-refractivity contribution in [2.45, 2.75) is 4.75 Å². The molecular weight excluding hydrogens is 224 g/mol. The van der Waals surface area contributed by atoms with Crippen LogP contribution in [0.5, 0.6) is 0 Å². The van der Waals surface area contributed by atoms with Crippen molar-refractivity contribution in [3.05, 3.63) is 29.8 Å². The average molecular weight is 234 g/mol. The Kier molecular flexibility index (Phi) is 1.83. The van der Waals surface area contributed by atoms with Crippen LogP contribution in [0.2, 0.25) is 0 Å². The van der Waals surface area contributed by atoms with Gasteiger partial charge in [0.25, 0.3) is 5.24 Å². The van der Waals surface area contributed by atoms with Gasteiger partial charge in [0, 0.05) is 24.8 Å². The number of amides is 2. The highest BCUT2D eigenvalue weighted by Gasteiger charge is 2.54. The molecule has 0 aromatic heterocycles. The van der Waals surface area contributed by atoms with Gasteiger partial charge in [-0.05, 0) is 17.8 Å². The average Bonchev–Trinajstić information content (AvgIpc) is 2.78. The zero-order valence-electron chi connectivity index (χ0n) is 8.69. The maximum absolute atomic E-state index is 12.2. The zero-order chi connectivity index (χ0) is 11.3. The molecule has 4 nitrogen and oxygen atoms in total. The van der Waals surface area contributed by atoms with E-state index in [1.54, 1.807) is 11.9 Å². The van der Waals surface area contributed by atoms with Gasteiger partial charge >= 0.3 is 0 Å². The van der Waals surface area contributed by atoms with Crippen molar-refractivity contribution in [1.82, 2.24) is 5.32 Å². The van der Waals surface area contributed by atoms with Crippen LogP contribution in [0.1, 0.15) is 5.56 Å². The van der Waals surface area contributed by atoms with Gasteiger partial charge < -0.3 is 10.2 Å². The third kappa shape index (κ3) is 1.01. The maximum atomic E-state index is 12.2. The summed E-state index contributed by atoms with van der Waals surface area (Å²) in [7, 11) is 1.75. The van der Waals surface area contributed by atoms with Crippen molar-refractivity contribution in [3.63, 3.8) is 0 Å². The fourth-order valence-electron chi connectivity index (χ4n) is 2.30. The molecule has 1 aromatic carbocycles. The fourth-order valence-corrected chi connectivity index (χ4v) is 3.41. The summed E-state index contributed by atoms with van der Waals surface area (Å²) in [5.74, 6) is -0.0166. The number of likely N-dealkylation sites (N-methyl/N-ethyl adjacent to an activating group) is 1. The number of nitrogens with one attached hydrogen (secondary N) is 1. The van der Waals surface area contributed by atoms with Crippen LogP contribution >= 0.6 is 11.8 Å². The molecule has 0 aliphatic carbocycles. The molecular formula is C11H10N2O2S. The molecule has 1 fully saturated rings. The predicted molar refractivity (Wildman–Crippen MR) is 62.5 cm³/mol. The van der Waals surface area contributed by atoms with E-state index in [0.717, 1.165) is 23.0 Å². The van der Waals surface area contributed by atoms with E-state index in [2.05, 4.69) is 5.32 Å². The lowest BCUT2D eigenvalue weighted by molar-refractivity contribution is -0.119. The topological polar surface area (TPSA) is 49.4 Å². The molecule has 1 N–H and O–H groups in total. The number of hydrogen-bond donors (Lipinski definition) is 1. The van der Waals surface area contributed by atoms with Crippen LogP contribution in [0.4, 0.5) is 10.5 Å². The molecule has 82 valence electrons. The summed E-state index contributed by atoms with van der Waals surface area (Å²) < 4.78 is -0.734. The Labute approximate surface area is 97.0 Å². The van der Waals surface area contributed by atoms with Gasteiger partial charge in [0.05, 0.1) is 0 Å². The van der Waals surface area contributed by atoms with Gasteiger partial charge in [-0.2, -0.15) is 0 Å². The number of nitrogens with zero attached hydrogens (tertiary/aromatic N) is 1. The Balaban J connectivity index is 2.21. The van der Waals surface area contributed by atoms with Gasteiger partial charge in [0.15, 0.2) is 0 Å². The van der Waals surface area contributed by atoms with Gasteiger partial charge in [-0.15, -0.1) is 0 Å². The van der Waals surface area contributed by atoms with Crippen LogP contribution in [0.25, 0.3) is 0 Å². The lowest BCUT2D eigenvalue weighted by Gasteiger charge is -2.18. The molecule has 1 unspecified atom stereocenters. The fraction of sp³-hybridized carbons (Fsp3) is 0.273. The van der Waals surface area contributed by atoms with E-state index in [0.29, 0.717) is 6.54 Å². The number of benzene rings is 1. The largest absolute Gasteiger partial charge is 0.345 e. The first-order valence-electron chi connectivity index (χ1n) is 5.00. The zero-order valence-corrected chi connectivity index (χ0v) is 9.50. The normalized spacial score (nSPS) is 27.4. The number of carbonyl (C=O) groups is 2. The molecule has 5 heteroatoms. The Morgan fingerprint density at radius 2 is 2.12 bits per heavy atom. The Bertz CT molecular complexity index is 503. The Hall–Kier alpha value is -1.49. The van der Waals surface area contributed by atoms with Crippen LogP contribution in [0.15, 0.2) is 24.3 Å². The van der Waals surface area contributed by atoms with Crippen molar-refractivity contribution in [2.24, 2.45) is 0 Å². The third-order valence-electron chi connectivity index (χ3n) is 3.10. The first-order valence-corrected chi connectivity index (χ1v) is 5.81. The van der Waals surface area contributed by atoms with E-state index >= 15 is 0 Å². The van der Waals surface area contributed by atoms with Crippen LogP contribution in [0.3, 0.4) is 0 Å². The molecule has 2 aliphatic rings. The summed E-state index contributed by atoms with van der Waals surface area (Å²) in [6, 6.07) is 7.63. The molecule has 1 saturated heterocycles. The molecule has 1 aromatic rings. The second-order valence-electron chi connectivity index (χ2n) is 3.95. The van der Waals surface area contributed by atoms with Crippen LogP contribution in [-0.4, -0.2) is 24.7 Å². The lowest BCUT2D eigenvalue weighted by Crippen LogP contribution is -2.38. The summed E-state index contributed by atoms with van der Waals surface area (Å²) in [4.78, 5) is 25.2. The summed E-state index contributed by atoms with van der Waals surface area (Å²) in [5, 5.41) is 2.59. The predicted octanol–water partition coefficient (Wildman–Crippen LogP) is 1.31. The molecule has 2 heterocycles. The minimum absolute atomic E-state index is 0.0166. The van der Waals surface area contributed by atoms with Gasteiger partial charge in [0.1, 0.15) is 4.75 Å². The smallest absolute Gasteiger partial charge is 0.280 e. The highest BCUT2D eigenvalue weighted by molar-refractivity contribution is 8.15.